The first-order valence-corrected chi connectivity index (χ1v) is 13.1. The average molecular weight is 498 g/mol. The molecule has 2 N–H and O–H groups in total. The zero-order valence-electron chi connectivity index (χ0n) is 21.2. The zero-order valence-corrected chi connectivity index (χ0v) is 22.0. The number of cyclic esters (lactones) is 1. The quantitative estimate of drug-likeness (QED) is 0.542. The number of aromatic nitrogens is 1. The van der Waals surface area contributed by atoms with Gasteiger partial charge in [-0.05, 0) is 44.1 Å². The number of esters is 1. The molecule has 0 aromatic carbocycles. The van der Waals surface area contributed by atoms with Gasteiger partial charge in [0.2, 0.25) is 0 Å². The van der Waals surface area contributed by atoms with Crippen LogP contribution in [0.3, 0.4) is 0 Å². The summed E-state index contributed by atoms with van der Waals surface area (Å²) in [7, 11) is 0. The minimum absolute atomic E-state index is 0.0772. The van der Waals surface area contributed by atoms with Gasteiger partial charge in [0, 0.05) is 11.3 Å². The molecular weight excluding hydrogens is 457 g/mol. The van der Waals surface area contributed by atoms with E-state index in [4.69, 9.17) is 4.74 Å². The molecule has 1 aliphatic rings. The number of halogens is 1. The normalized spacial score (nSPS) is 32.9. The van der Waals surface area contributed by atoms with Crippen molar-refractivity contribution in [1.29, 1.82) is 0 Å². The fraction of sp³-hybridized carbons (Fsp3) is 0.731. The maximum Gasteiger partial charge on any atom is 0.309 e. The molecule has 0 spiro atoms. The van der Waals surface area contributed by atoms with E-state index in [9.17, 15) is 19.8 Å². The maximum atomic E-state index is 15.1. The van der Waals surface area contributed by atoms with E-state index in [2.05, 4.69) is 11.9 Å². The summed E-state index contributed by atoms with van der Waals surface area (Å²) < 4.78 is 20.6. The molecular formula is C26H40FNO5S. The zero-order chi connectivity index (χ0) is 25.6. The summed E-state index contributed by atoms with van der Waals surface area (Å²) in [5.74, 6) is -2.15. The number of aliphatic hydroxyl groups excluding tert-OH is 2. The molecule has 2 rings (SSSR count). The molecule has 6 atom stereocenters. The number of hydrogen-bond acceptors (Lipinski definition) is 7. The highest BCUT2D eigenvalue weighted by Gasteiger charge is 2.42. The van der Waals surface area contributed by atoms with Gasteiger partial charge in [-0.3, -0.25) is 9.59 Å². The lowest BCUT2D eigenvalue weighted by Crippen LogP contribution is -2.45. The predicted molar refractivity (Wildman–Crippen MR) is 132 cm³/mol. The Balaban J connectivity index is 2.27. The fourth-order valence-corrected chi connectivity index (χ4v) is 5.06. The second kappa shape index (κ2) is 12.4. The highest BCUT2D eigenvalue weighted by Crippen LogP contribution is 2.33. The number of thiazole rings is 1. The number of rotatable bonds is 2. The van der Waals surface area contributed by atoms with Crippen LogP contribution in [-0.4, -0.2) is 45.3 Å². The lowest BCUT2D eigenvalue weighted by atomic mass is 9.73. The molecule has 0 saturated carbocycles. The summed E-state index contributed by atoms with van der Waals surface area (Å²) >= 11 is 1.41. The maximum absolute atomic E-state index is 15.1. The average Bonchev–Trinajstić information content (AvgIpc) is 3.18. The molecule has 0 bridgehead atoms. The van der Waals surface area contributed by atoms with Gasteiger partial charge in [0.15, 0.2) is 6.10 Å². The third kappa shape index (κ3) is 7.68. The largest absolute Gasteiger partial charge is 0.455 e. The number of ketones is 1. The molecule has 1 aliphatic heterocycles. The van der Waals surface area contributed by atoms with Crippen LogP contribution >= 0.6 is 11.3 Å². The van der Waals surface area contributed by atoms with E-state index in [0.29, 0.717) is 18.5 Å². The van der Waals surface area contributed by atoms with Crippen molar-refractivity contribution in [2.45, 2.75) is 98.4 Å². The van der Waals surface area contributed by atoms with Crippen molar-refractivity contribution in [3.05, 3.63) is 21.9 Å². The molecule has 2 heterocycles. The van der Waals surface area contributed by atoms with Crippen LogP contribution in [0.2, 0.25) is 0 Å². The van der Waals surface area contributed by atoms with Crippen LogP contribution < -0.4 is 0 Å². The van der Waals surface area contributed by atoms with Crippen molar-refractivity contribution < 1.29 is 28.9 Å². The van der Waals surface area contributed by atoms with Crippen molar-refractivity contribution in [3.63, 3.8) is 0 Å². The van der Waals surface area contributed by atoms with Crippen molar-refractivity contribution in [1.82, 2.24) is 4.98 Å². The monoisotopic (exact) mass is 497 g/mol. The van der Waals surface area contributed by atoms with Crippen LogP contribution in [0.5, 0.6) is 0 Å². The first-order valence-electron chi connectivity index (χ1n) is 12.2. The van der Waals surface area contributed by atoms with Gasteiger partial charge in [-0.1, -0.05) is 47.5 Å². The second-order valence-corrected chi connectivity index (χ2v) is 11.5. The van der Waals surface area contributed by atoms with E-state index in [-0.39, 0.29) is 17.6 Å². The topological polar surface area (TPSA) is 96.7 Å². The van der Waals surface area contributed by atoms with Gasteiger partial charge in [-0.25, -0.2) is 9.37 Å². The molecule has 1 unspecified atom stereocenters. The number of hydrogen-bond donors (Lipinski definition) is 2. The molecule has 6 nitrogen and oxygen atoms in total. The summed E-state index contributed by atoms with van der Waals surface area (Å²) in [5, 5.41) is 24.0. The first kappa shape index (κ1) is 28.6. The summed E-state index contributed by atoms with van der Waals surface area (Å²) in [4.78, 5) is 30.0. The summed E-state index contributed by atoms with van der Waals surface area (Å²) in [5.41, 5.74) is -0.795. The smallest absolute Gasteiger partial charge is 0.309 e. The molecule has 0 radical (unpaired) electrons. The number of Topliss-reactive ketones (excluding diaryl/α,β-unsaturated/α-hetero) is 1. The minimum Gasteiger partial charge on any atom is -0.455 e. The first-order chi connectivity index (χ1) is 15.8. The summed E-state index contributed by atoms with van der Waals surface area (Å²) in [6.45, 7) is 10.6. The van der Waals surface area contributed by atoms with Crippen molar-refractivity contribution in [2.24, 2.45) is 23.2 Å². The number of nitrogens with zero attached hydrogens (tertiary/aromatic N) is 1. The highest BCUT2D eigenvalue weighted by atomic mass is 32.1. The molecule has 1 saturated heterocycles. The number of ether oxygens (including phenoxy) is 1. The van der Waals surface area contributed by atoms with Gasteiger partial charge in [0.1, 0.15) is 11.6 Å². The SMILES string of the molecule is Cc1nc(/C=C(\F)[C@@H]2CCC(C)CCC[C@H](C)[C@H](O)[C@@H](C)C(=O)C(C)(C)[C@@H](O)CC(=O)O2)cs1. The summed E-state index contributed by atoms with van der Waals surface area (Å²) in [6.07, 6.45) is 1.13. The van der Waals surface area contributed by atoms with Gasteiger partial charge < -0.3 is 14.9 Å². The van der Waals surface area contributed by atoms with Crippen LogP contribution in [0.25, 0.3) is 6.08 Å². The summed E-state index contributed by atoms with van der Waals surface area (Å²) in [6, 6.07) is 0. The Hall–Kier alpha value is -1.64. The van der Waals surface area contributed by atoms with E-state index in [1.54, 1.807) is 26.2 Å². The molecule has 1 aromatic rings. The Kier molecular flexibility index (Phi) is 10.4. The van der Waals surface area contributed by atoms with E-state index in [1.165, 1.54) is 17.4 Å². The van der Waals surface area contributed by atoms with Gasteiger partial charge >= 0.3 is 5.97 Å². The number of carbonyl (C=O) groups is 2. The number of aliphatic hydroxyl groups is 2. The highest BCUT2D eigenvalue weighted by molar-refractivity contribution is 7.09. The van der Waals surface area contributed by atoms with Crippen molar-refractivity contribution in [2.75, 3.05) is 0 Å². The second-order valence-electron chi connectivity index (χ2n) is 10.5. The van der Waals surface area contributed by atoms with Gasteiger partial charge in [0.25, 0.3) is 0 Å². The van der Waals surface area contributed by atoms with E-state index < -0.39 is 47.9 Å². The molecule has 0 amide bonds. The van der Waals surface area contributed by atoms with Gasteiger partial charge in [-0.15, -0.1) is 11.3 Å². The molecule has 192 valence electrons. The lowest BCUT2D eigenvalue weighted by Gasteiger charge is -2.34. The van der Waals surface area contributed by atoms with Gasteiger partial charge in [-0.2, -0.15) is 0 Å². The van der Waals surface area contributed by atoms with Crippen LogP contribution in [-0.2, 0) is 14.3 Å². The number of aryl methyl sites for hydroxylation is 1. The molecule has 1 aromatic heterocycles. The van der Waals surface area contributed by atoms with E-state index >= 15 is 4.39 Å². The Labute approximate surface area is 206 Å². The minimum atomic E-state index is -1.32. The third-order valence-corrected chi connectivity index (χ3v) is 7.91. The number of carbonyl (C=O) groups excluding carboxylic acids is 2. The Bertz CT molecular complexity index is 867. The third-order valence-electron chi connectivity index (χ3n) is 7.12. The van der Waals surface area contributed by atoms with Crippen LogP contribution in [0, 0.1) is 30.1 Å². The van der Waals surface area contributed by atoms with Crippen molar-refractivity contribution >= 4 is 29.2 Å². The fourth-order valence-electron chi connectivity index (χ4n) is 4.49. The molecule has 1 fully saturated rings. The molecule has 8 heteroatoms. The van der Waals surface area contributed by atoms with E-state index in [1.807, 2.05) is 13.8 Å². The van der Waals surface area contributed by atoms with Gasteiger partial charge in [0.05, 0.1) is 34.7 Å². The standard InChI is InChI=1S/C26H40FNO5S/c1-15-8-7-9-16(2)24(31)17(3)25(32)26(5,6)22(29)13-23(30)33-21(11-10-15)20(27)12-19-14-34-18(4)28-19/h12,14-17,21-22,24,29,31H,7-11,13H2,1-6H3/b20-12-/t15?,16-,17+,21-,22-,24-/m0/s1. The van der Waals surface area contributed by atoms with Crippen LogP contribution in [0.4, 0.5) is 4.39 Å². The predicted octanol–water partition coefficient (Wildman–Crippen LogP) is 5.25. The lowest BCUT2D eigenvalue weighted by molar-refractivity contribution is -0.155. The molecule has 34 heavy (non-hydrogen) atoms. The molecule has 0 aliphatic carbocycles. The van der Waals surface area contributed by atoms with E-state index in [0.717, 1.165) is 24.3 Å². The Morgan fingerprint density at radius 1 is 1.18 bits per heavy atom. The van der Waals surface area contributed by atoms with Crippen molar-refractivity contribution in [3.8, 4) is 0 Å². The Morgan fingerprint density at radius 3 is 2.47 bits per heavy atom. The van der Waals surface area contributed by atoms with Crippen LogP contribution in [0.1, 0.15) is 83.8 Å². The van der Waals surface area contributed by atoms with Crippen LogP contribution in [0.15, 0.2) is 11.2 Å². The Morgan fingerprint density at radius 2 is 1.85 bits per heavy atom.